The zero-order valence-corrected chi connectivity index (χ0v) is 27.4. The molecular formula is C46H34N2O. The van der Waals surface area contributed by atoms with E-state index in [-0.39, 0.29) is 0 Å². The summed E-state index contributed by atoms with van der Waals surface area (Å²) in [6.07, 6.45) is 3.59. The van der Waals surface area contributed by atoms with Gasteiger partial charge in [0.2, 0.25) is 0 Å². The smallest absolute Gasteiger partial charge is 0.135 e. The Morgan fingerprint density at radius 2 is 1.10 bits per heavy atom. The first-order valence-electron chi connectivity index (χ1n) is 17.3. The van der Waals surface area contributed by atoms with Crippen LogP contribution in [0.25, 0.3) is 88.1 Å². The minimum Gasteiger partial charge on any atom is -0.456 e. The molecule has 0 aliphatic heterocycles. The fourth-order valence-electron chi connectivity index (χ4n) is 7.96. The summed E-state index contributed by atoms with van der Waals surface area (Å²) in [4.78, 5) is 0. The van der Waals surface area contributed by atoms with Crippen LogP contribution in [0.3, 0.4) is 0 Å². The molecule has 0 radical (unpaired) electrons. The third kappa shape index (κ3) is 4.29. The van der Waals surface area contributed by atoms with Crippen molar-refractivity contribution >= 4 is 65.6 Å². The van der Waals surface area contributed by atoms with Gasteiger partial charge in [-0.3, -0.25) is 0 Å². The van der Waals surface area contributed by atoms with E-state index in [0.29, 0.717) is 0 Å². The predicted octanol–water partition coefficient (Wildman–Crippen LogP) is 12.8. The monoisotopic (exact) mass is 630 g/mol. The Labute approximate surface area is 284 Å². The van der Waals surface area contributed by atoms with Crippen molar-refractivity contribution < 1.29 is 4.42 Å². The van der Waals surface area contributed by atoms with Crippen LogP contribution in [0.15, 0.2) is 156 Å². The minimum absolute atomic E-state index is 0.907. The first kappa shape index (κ1) is 28.0. The second kappa shape index (κ2) is 11.0. The predicted molar refractivity (Wildman–Crippen MR) is 206 cm³/mol. The Bertz CT molecular complexity index is 2850. The molecule has 49 heavy (non-hydrogen) atoms. The number of furan rings is 1. The molecule has 0 saturated carbocycles. The van der Waals surface area contributed by atoms with Crippen LogP contribution in [-0.2, 0) is 6.42 Å². The summed E-state index contributed by atoms with van der Waals surface area (Å²) >= 11 is 0. The molecular weight excluding hydrogens is 597 g/mol. The summed E-state index contributed by atoms with van der Waals surface area (Å²) in [6.45, 7) is 2.25. The number of fused-ring (bicyclic) bond motifs is 10. The zero-order chi connectivity index (χ0) is 32.5. The number of hydrogen-bond donors (Lipinski definition) is 0. The van der Waals surface area contributed by atoms with E-state index in [4.69, 9.17) is 4.42 Å². The van der Waals surface area contributed by atoms with E-state index < -0.39 is 0 Å². The van der Waals surface area contributed by atoms with Crippen molar-refractivity contribution in [1.82, 2.24) is 9.13 Å². The number of unbranched alkanes of at least 4 members (excludes halogenated alkanes) is 1. The molecule has 234 valence electrons. The number of hydrogen-bond acceptors (Lipinski definition) is 1. The molecule has 0 atom stereocenters. The normalized spacial score (nSPS) is 12.0. The largest absolute Gasteiger partial charge is 0.456 e. The van der Waals surface area contributed by atoms with E-state index in [1.54, 1.807) is 0 Å². The highest BCUT2D eigenvalue weighted by Crippen LogP contribution is 2.42. The average molecular weight is 631 g/mol. The van der Waals surface area contributed by atoms with Crippen LogP contribution in [-0.4, -0.2) is 9.13 Å². The maximum Gasteiger partial charge on any atom is 0.135 e. The van der Waals surface area contributed by atoms with Crippen molar-refractivity contribution in [2.75, 3.05) is 0 Å². The summed E-state index contributed by atoms with van der Waals surface area (Å²) in [7, 11) is 0. The van der Waals surface area contributed by atoms with E-state index in [1.807, 2.05) is 12.1 Å². The molecule has 3 heterocycles. The van der Waals surface area contributed by atoms with Gasteiger partial charge in [-0.2, -0.15) is 0 Å². The second-order valence-corrected chi connectivity index (χ2v) is 13.2. The first-order chi connectivity index (χ1) is 24.3. The van der Waals surface area contributed by atoms with Gasteiger partial charge < -0.3 is 13.6 Å². The number of rotatable bonds is 6. The fraction of sp³-hybridized carbons (Fsp3) is 0.0870. The number of para-hydroxylation sites is 3. The highest BCUT2D eigenvalue weighted by atomic mass is 16.3. The number of benzene rings is 7. The lowest BCUT2D eigenvalue weighted by atomic mass is 10.0. The molecule has 0 fully saturated rings. The van der Waals surface area contributed by atoms with Gasteiger partial charge >= 0.3 is 0 Å². The molecule has 3 heteroatoms. The minimum atomic E-state index is 0.907. The van der Waals surface area contributed by atoms with Crippen LogP contribution in [0.5, 0.6) is 0 Å². The molecule has 0 spiro atoms. The van der Waals surface area contributed by atoms with Gasteiger partial charge in [0, 0.05) is 43.7 Å². The fourth-order valence-corrected chi connectivity index (χ4v) is 7.96. The van der Waals surface area contributed by atoms with Crippen LogP contribution in [0.4, 0.5) is 0 Å². The van der Waals surface area contributed by atoms with E-state index in [1.165, 1.54) is 73.1 Å². The third-order valence-corrected chi connectivity index (χ3v) is 10.3. The molecule has 10 rings (SSSR count). The van der Waals surface area contributed by atoms with E-state index in [9.17, 15) is 0 Å². The van der Waals surface area contributed by atoms with Gasteiger partial charge in [-0.15, -0.1) is 0 Å². The van der Waals surface area contributed by atoms with Crippen molar-refractivity contribution in [2.45, 2.75) is 26.2 Å². The van der Waals surface area contributed by atoms with Crippen molar-refractivity contribution in [3.05, 3.63) is 157 Å². The van der Waals surface area contributed by atoms with Gasteiger partial charge in [-0.25, -0.2) is 0 Å². The van der Waals surface area contributed by atoms with Crippen molar-refractivity contribution in [2.24, 2.45) is 0 Å². The van der Waals surface area contributed by atoms with Crippen LogP contribution in [0, 0.1) is 0 Å². The summed E-state index contributed by atoms with van der Waals surface area (Å²) in [5.74, 6) is 0. The summed E-state index contributed by atoms with van der Waals surface area (Å²) < 4.78 is 11.1. The molecule has 3 aromatic heterocycles. The van der Waals surface area contributed by atoms with Crippen molar-refractivity contribution in [3.63, 3.8) is 0 Å². The van der Waals surface area contributed by atoms with E-state index >= 15 is 0 Å². The Morgan fingerprint density at radius 3 is 1.88 bits per heavy atom. The molecule has 0 amide bonds. The second-order valence-electron chi connectivity index (χ2n) is 13.2. The van der Waals surface area contributed by atoms with E-state index in [2.05, 4.69) is 156 Å². The standard InChI is InChI=1S/C46H34N2O/c1-2-3-10-30-17-19-31(20-18-30)32-21-23-33(24-22-32)48-40-14-7-4-11-35(40)37-26-27-42-45(46(37)48)38-13-5-8-15-41(38)47(42)34-25-28-44-39(29-34)36-12-6-9-16-43(36)49-44/h4-9,11-29H,2-3,10H2,1H3. The maximum atomic E-state index is 6.20. The molecule has 3 nitrogen and oxygen atoms in total. The Hall–Kier alpha value is -6.06. The molecule has 0 saturated heterocycles. The Kier molecular flexibility index (Phi) is 6.29. The lowest BCUT2D eigenvalue weighted by Crippen LogP contribution is -1.95. The van der Waals surface area contributed by atoms with Gasteiger partial charge in [-0.05, 0) is 84.1 Å². The number of aryl methyl sites for hydroxylation is 1. The molecule has 0 N–H and O–H groups in total. The molecule has 0 aliphatic rings. The number of nitrogens with zero attached hydrogens (tertiary/aromatic N) is 2. The van der Waals surface area contributed by atoms with Crippen molar-refractivity contribution in [1.29, 1.82) is 0 Å². The van der Waals surface area contributed by atoms with E-state index in [0.717, 1.165) is 39.7 Å². The summed E-state index contributed by atoms with van der Waals surface area (Å²) in [5.41, 5.74) is 12.8. The highest BCUT2D eigenvalue weighted by Gasteiger charge is 2.21. The topological polar surface area (TPSA) is 23.0 Å². The zero-order valence-electron chi connectivity index (χ0n) is 27.4. The average Bonchev–Trinajstić information content (AvgIpc) is 3.81. The van der Waals surface area contributed by atoms with Crippen LogP contribution in [0.1, 0.15) is 25.3 Å². The lowest BCUT2D eigenvalue weighted by molar-refractivity contribution is 0.669. The van der Waals surface area contributed by atoms with Crippen molar-refractivity contribution in [3.8, 4) is 22.5 Å². The van der Waals surface area contributed by atoms with Crippen LogP contribution < -0.4 is 0 Å². The van der Waals surface area contributed by atoms with Crippen LogP contribution in [0.2, 0.25) is 0 Å². The van der Waals surface area contributed by atoms with Gasteiger partial charge in [0.1, 0.15) is 11.2 Å². The van der Waals surface area contributed by atoms with Gasteiger partial charge in [0.25, 0.3) is 0 Å². The Balaban J connectivity index is 1.20. The number of aromatic nitrogens is 2. The van der Waals surface area contributed by atoms with Gasteiger partial charge in [0.05, 0.1) is 22.1 Å². The molecule has 0 bridgehead atoms. The SMILES string of the molecule is CCCCc1ccc(-c2ccc(-n3c4ccccc4c4ccc5c(c6ccccc6n5-c5ccc6oc7ccccc7c6c5)c43)cc2)cc1. The van der Waals surface area contributed by atoms with Gasteiger partial charge in [0.15, 0.2) is 0 Å². The lowest BCUT2D eigenvalue weighted by Gasteiger charge is -2.11. The molecule has 7 aromatic carbocycles. The first-order valence-corrected chi connectivity index (χ1v) is 17.3. The third-order valence-electron chi connectivity index (χ3n) is 10.3. The maximum absolute atomic E-state index is 6.20. The molecule has 10 aromatic rings. The molecule has 0 unspecified atom stereocenters. The quantitative estimate of drug-likeness (QED) is 0.179. The van der Waals surface area contributed by atoms with Crippen LogP contribution >= 0.6 is 0 Å². The molecule has 0 aliphatic carbocycles. The Morgan fingerprint density at radius 1 is 0.469 bits per heavy atom. The van der Waals surface area contributed by atoms with Gasteiger partial charge in [-0.1, -0.05) is 110 Å². The summed E-state index contributed by atoms with van der Waals surface area (Å²) in [5, 5.41) is 7.28. The summed E-state index contributed by atoms with van der Waals surface area (Å²) in [6, 6.07) is 55.3. The highest BCUT2D eigenvalue weighted by molar-refractivity contribution is 6.26.